The normalized spacial score (nSPS) is 11.0. The van der Waals surface area contributed by atoms with E-state index in [4.69, 9.17) is 11.6 Å². The lowest BCUT2D eigenvalue weighted by molar-refractivity contribution is 0.640. The summed E-state index contributed by atoms with van der Waals surface area (Å²) < 4.78 is 14.0. The molecule has 0 saturated heterocycles. The van der Waals surface area contributed by atoms with Crippen molar-refractivity contribution in [3.8, 4) is 0 Å². The van der Waals surface area contributed by atoms with Gasteiger partial charge in [-0.1, -0.05) is 11.6 Å². The molecule has 0 atom stereocenters. The number of fused-ring (bicyclic) bond motifs is 1. The highest BCUT2D eigenvalue weighted by atomic mass is 35.5. The summed E-state index contributed by atoms with van der Waals surface area (Å²) in [6.07, 6.45) is 3.46. The summed E-state index contributed by atoms with van der Waals surface area (Å²) in [6, 6.07) is 4.90. The summed E-state index contributed by atoms with van der Waals surface area (Å²) in [5.74, 6) is -0.224. The monoisotopic (exact) mass is 281 g/mol. The van der Waals surface area contributed by atoms with Crippen molar-refractivity contribution in [1.82, 2.24) is 9.97 Å². The van der Waals surface area contributed by atoms with E-state index in [2.05, 4.69) is 15.3 Å². The van der Waals surface area contributed by atoms with Crippen LogP contribution in [0.1, 0.15) is 4.88 Å². The van der Waals surface area contributed by atoms with Crippen molar-refractivity contribution in [1.29, 1.82) is 0 Å². The van der Waals surface area contributed by atoms with E-state index in [1.54, 1.807) is 24.5 Å². The second kappa shape index (κ2) is 4.59. The highest BCUT2D eigenvalue weighted by Gasteiger charge is 2.07. The van der Waals surface area contributed by atoms with Crippen LogP contribution in [0.15, 0.2) is 30.6 Å². The molecule has 0 saturated carbocycles. The van der Waals surface area contributed by atoms with Crippen LogP contribution in [0.4, 0.5) is 10.1 Å². The highest BCUT2D eigenvalue weighted by Crippen LogP contribution is 2.26. The molecular weight excluding hydrogens is 273 g/mol. The van der Waals surface area contributed by atoms with E-state index in [0.29, 0.717) is 16.4 Å². The largest absolute Gasteiger partial charge is 0.378 e. The molecule has 1 aromatic carbocycles. The van der Waals surface area contributed by atoms with Crippen LogP contribution in [-0.2, 0) is 6.54 Å². The maximum atomic E-state index is 13.5. The van der Waals surface area contributed by atoms with Crippen molar-refractivity contribution in [3.63, 3.8) is 0 Å². The Morgan fingerprint density at radius 3 is 3.06 bits per heavy atom. The Hall–Kier alpha value is -1.59. The second-order valence-corrected chi connectivity index (χ2v) is 5.49. The third-order valence-corrected chi connectivity index (χ3v) is 3.76. The minimum absolute atomic E-state index is 0.224. The zero-order chi connectivity index (χ0) is 12.5. The van der Waals surface area contributed by atoms with Crippen molar-refractivity contribution in [3.05, 3.63) is 45.8 Å². The summed E-state index contributed by atoms with van der Waals surface area (Å²) in [7, 11) is 0. The van der Waals surface area contributed by atoms with Gasteiger partial charge in [0, 0.05) is 22.7 Å². The van der Waals surface area contributed by atoms with Crippen LogP contribution < -0.4 is 5.32 Å². The molecule has 3 aromatic rings. The molecule has 0 radical (unpaired) electrons. The third kappa shape index (κ3) is 2.07. The fourth-order valence-electron chi connectivity index (χ4n) is 1.82. The van der Waals surface area contributed by atoms with E-state index >= 15 is 0 Å². The summed E-state index contributed by atoms with van der Waals surface area (Å²) in [4.78, 5) is 8.03. The maximum Gasteiger partial charge on any atom is 0.183 e. The minimum Gasteiger partial charge on any atom is -0.378 e. The molecule has 0 amide bonds. The fraction of sp³-hybridized carbons (Fsp3) is 0.0833. The van der Waals surface area contributed by atoms with Crippen LogP contribution in [-0.4, -0.2) is 9.97 Å². The van der Waals surface area contributed by atoms with E-state index in [9.17, 15) is 4.39 Å². The molecule has 3 nitrogen and oxygen atoms in total. The van der Waals surface area contributed by atoms with E-state index in [0.717, 1.165) is 16.1 Å². The smallest absolute Gasteiger partial charge is 0.183 e. The zero-order valence-corrected chi connectivity index (χ0v) is 10.8. The van der Waals surface area contributed by atoms with Crippen LogP contribution >= 0.6 is 22.9 Å². The molecule has 0 bridgehead atoms. The lowest BCUT2D eigenvalue weighted by atomic mass is 10.2. The first kappa shape index (κ1) is 11.5. The lowest BCUT2D eigenvalue weighted by Crippen LogP contribution is -1.98. The molecule has 0 spiro atoms. The summed E-state index contributed by atoms with van der Waals surface area (Å²) in [5, 5.41) is 3.83. The Kier molecular flexibility index (Phi) is 2.93. The molecule has 2 aromatic heterocycles. The zero-order valence-electron chi connectivity index (χ0n) is 9.21. The average molecular weight is 282 g/mol. The maximum absolute atomic E-state index is 13.5. The minimum atomic E-state index is -0.224. The Balaban J connectivity index is 1.86. The van der Waals surface area contributed by atoms with Crippen molar-refractivity contribution in [2.75, 3.05) is 5.32 Å². The van der Waals surface area contributed by atoms with Gasteiger partial charge in [-0.3, -0.25) is 0 Å². The van der Waals surface area contributed by atoms with Gasteiger partial charge in [0.2, 0.25) is 0 Å². The quantitative estimate of drug-likeness (QED) is 0.761. The molecule has 0 aliphatic carbocycles. The number of anilines is 1. The van der Waals surface area contributed by atoms with E-state index in [1.165, 1.54) is 17.4 Å². The molecule has 3 rings (SSSR count). The van der Waals surface area contributed by atoms with Gasteiger partial charge < -0.3 is 10.3 Å². The SMILES string of the molecule is Fc1ccc(NCc2cnc(Cl)s2)c2[nH]ccc12. The van der Waals surface area contributed by atoms with Crippen LogP contribution in [0.5, 0.6) is 0 Å². The van der Waals surface area contributed by atoms with Gasteiger partial charge in [0.05, 0.1) is 17.7 Å². The molecule has 92 valence electrons. The van der Waals surface area contributed by atoms with Crippen molar-refractivity contribution in [2.24, 2.45) is 0 Å². The Morgan fingerprint density at radius 1 is 1.39 bits per heavy atom. The number of hydrogen-bond donors (Lipinski definition) is 2. The van der Waals surface area contributed by atoms with Crippen LogP contribution in [0.25, 0.3) is 10.9 Å². The number of thiazole rings is 1. The molecule has 2 N–H and O–H groups in total. The van der Waals surface area contributed by atoms with Gasteiger partial charge in [0.15, 0.2) is 4.47 Å². The molecule has 0 fully saturated rings. The van der Waals surface area contributed by atoms with E-state index in [1.807, 2.05) is 0 Å². The first-order chi connectivity index (χ1) is 8.74. The summed E-state index contributed by atoms with van der Waals surface area (Å²) in [6.45, 7) is 0.615. The number of halogens is 2. The number of aromatic amines is 1. The van der Waals surface area contributed by atoms with Gasteiger partial charge in [-0.25, -0.2) is 9.37 Å². The van der Waals surface area contributed by atoms with Crippen molar-refractivity contribution < 1.29 is 4.39 Å². The van der Waals surface area contributed by atoms with Crippen LogP contribution in [0.2, 0.25) is 4.47 Å². The average Bonchev–Trinajstić information content (AvgIpc) is 2.98. The molecule has 0 aliphatic rings. The first-order valence-electron chi connectivity index (χ1n) is 5.34. The predicted octanol–water partition coefficient (Wildman–Crippen LogP) is 4.03. The standard InChI is InChI=1S/C12H9ClFN3S/c13-12-17-6-7(18-12)5-16-10-2-1-9(14)8-3-4-15-11(8)10/h1-4,6,15-16H,5H2. The van der Waals surface area contributed by atoms with Gasteiger partial charge in [0.25, 0.3) is 0 Å². The molecule has 0 unspecified atom stereocenters. The Morgan fingerprint density at radius 2 is 2.28 bits per heavy atom. The van der Waals surface area contributed by atoms with Gasteiger partial charge in [-0.2, -0.15) is 0 Å². The van der Waals surface area contributed by atoms with Crippen LogP contribution in [0, 0.1) is 5.82 Å². The molecule has 6 heteroatoms. The summed E-state index contributed by atoms with van der Waals surface area (Å²) in [5.41, 5.74) is 1.63. The Bertz CT molecular complexity index is 692. The topological polar surface area (TPSA) is 40.7 Å². The van der Waals surface area contributed by atoms with Gasteiger partial charge >= 0.3 is 0 Å². The lowest BCUT2D eigenvalue weighted by Gasteiger charge is -2.06. The van der Waals surface area contributed by atoms with E-state index in [-0.39, 0.29) is 5.82 Å². The number of hydrogen-bond acceptors (Lipinski definition) is 3. The number of aromatic nitrogens is 2. The second-order valence-electron chi connectivity index (χ2n) is 3.79. The number of H-pyrrole nitrogens is 1. The van der Waals surface area contributed by atoms with Gasteiger partial charge in [0.1, 0.15) is 5.82 Å². The molecule has 0 aliphatic heterocycles. The number of nitrogens with one attached hydrogen (secondary N) is 2. The third-order valence-electron chi connectivity index (χ3n) is 2.65. The number of rotatable bonds is 3. The predicted molar refractivity (Wildman–Crippen MR) is 72.7 cm³/mol. The first-order valence-corrected chi connectivity index (χ1v) is 6.53. The highest BCUT2D eigenvalue weighted by molar-refractivity contribution is 7.15. The molecule has 18 heavy (non-hydrogen) atoms. The Labute approximate surface area is 112 Å². The van der Waals surface area contributed by atoms with Crippen LogP contribution in [0.3, 0.4) is 0 Å². The van der Waals surface area contributed by atoms with Crippen molar-refractivity contribution >= 4 is 39.5 Å². The molecular formula is C12H9ClFN3S. The summed E-state index contributed by atoms with van der Waals surface area (Å²) >= 11 is 7.19. The van der Waals surface area contributed by atoms with Crippen molar-refractivity contribution in [2.45, 2.75) is 6.54 Å². The van der Waals surface area contributed by atoms with Gasteiger partial charge in [-0.15, -0.1) is 11.3 Å². The van der Waals surface area contributed by atoms with Gasteiger partial charge in [-0.05, 0) is 18.2 Å². The number of nitrogens with zero attached hydrogens (tertiary/aromatic N) is 1. The molecule has 2 heterocycles. The fourth-order valence-corrected chi connectivity index (χ4v) is 2.73. The van der Waals surface area contributed by atoms with E-state index < -0.39 is 0 Å². The number of benzene rings is 1.